The molecule has 1 fully saturated rings. The summed E-state index contributed by atoms with van der Waals surface area (Å²) < 4.78 is 0. The molecule has 2 amide bonds. The number of nitrogens with one attached hydrogen (secondary N) is 1. The molecule has 1 unspecified atom stereocenters. The SMILES string of the molecule is CCNC(=O)N1CCN(C(CC)C(N)=S)CC1. The molecular weight excluding hydrogens is 236 g/mol. The fourth-order valence-electron chi connectivity index (χ4n) is 2.14. The molecule has 0 radical (unpaired) electrons. The highest BCUT2D eigenvalue weighted by molar-refractivity contribution is 7.80. The van der Waals surface area contributed by atoms with Crippen LogP contribution < -0.4 is 11.1 Å². The van der Waals surface area contributed by atoms with Gasteiger partial charge >= 0.3 is 6.03 Å². The molecule has 5 nitrogen and oxygen atoms in total. The van der Waals surface area contributed by atoms with Crippen LogP contribution in [0.15, 0.2) is 0 Å². The summed E-state index contributed by atoms with van der Waals surface area (Å²) in [6, 6.07) is 0.192. The molecule has 1 heterocycles. The molecule has 1 rings (SSSR count). The molecule has 1 atom stereocenters. The van der Waals surface area contributed by atoms with E-state index in [0.29, 0.717) is 11.5 Å². The van der Waals surface area contributed by atoms with Crippen molar-refractivity contribution in [3.63, 3.8) is 0 Å². The van der Waals surface area contributed by atoms with E-state index in [0.717, 1.165) is 32.6 Å². The smallest absolute Gasteiger partial charge is 0.317 e. The monoisotopic (exact) mass is 258 g/mol. The highest BCUT2D eigenvalue weighted by atomic mass is 32.1. The summed E-state index contributed by atoms with van der Waals surface area (Å²) in [6.07, 6.45) is 0.927. The molecule has 3 N–H and O–H groups in total. The number of carbonyl (C=O) groups is 1. The molecule has 1 saturated heterocycles. The van der Waals surface area contributed by atoms with Crippen LogP contribution in [0.25, 0.3) is 0 Å². The number of hydrogen-bond donors (Lipinski definition) is 2. The molecule has 0 saturated carbocycles. The maximum atomic E-state index is 11.6. The molecule has 0 bridgehead atoms. The van der Waals surface area contributed by atoms with Crippen molar-refractivity contribution < 1.29 is 4.79 Å². The number of nitrogens with two attached hydrogens (primary N) is 1. The van der Waals surface area contributed by atoms with Gasteiger partial charge in [-0.1, -0.05) is 19.1 Å². The Hall–Kier alpha value is -0.880. The molecular formula is C11H22N4OS. The lowest BCUT2D eigenvalue weighted by molar-refractivity contribution is 0.127. The van der Waals surface area contributed by atoms with E-state index in [1.807, 2.05) is 11.8 Å². The molecule has 6 heteroatoms. The highest BCUT2D eigenvalue weighted by Crippen LogP contribution is 2.09. The predicted octanol–water partition coefficient (Wildman–Crippen LogP) is 0.398. The summed E-state index contributed by atoms with van der Waals surface area (Å²) in [4.78, 5) is 16.3. The summed E-state index contributed by atoms with van der Waals surface area (Å²) in [6.45, 7) is 7.84. The number of piperazine rings is 1. The number of thiocarbonyl (C=S) groups is 1. The third kappa shape index (κ3) is 3.81. The van der Waals surface area contributed by atoms with E-state index in [2.05, 4.69) is 17.1 Å². The van der Waals surface area contributed by atoms with E-state index < -0.39 is 0 Å². The van der Waals surface area contributed by atoms with Crippen molar-refractivity contribution in [3.05, 3.63) is 0 Å². The van der Waals surface area contributed by atoms with Gasteiger partial charge in [-0.05, 0) is 13.3 Å². The summed E-state index contributed by atoms with van der Waals surface area (Å²) in [5.41, 5.74) is 5.72. The zero-order valence-corrected chi connectivity index (χ0v) is 11.4. The second kappa shape index (κ2) is 6.76. The van der Waals surface area contributed by atoms with Crippen molar-refractivity contribution in [3.8, 4) is 0 Å². The Balaban J connectivity index is 2.44. The van der Waals surface area contributed by atoms with E-state index in [9.17, 15) is 4.79 Å². The van der Waals surface area contributed by atoms with Gasteiger partial charge < -0.3 is 16.0 Å². The Morgan fingerprint density at radius 3 is 2.35 bits per heavy atom. The standard InChI is InChI=1S/C11H22N4OS/c1-3-9(10(12)17)14-5-7-15(8-6-14)11(16)13-4-2/h9H,3-8H2,1-2H3,(H2,12,17)(H,13,16). The van der Waals surface area contributed by atoms with Gasteiger partial charge in [0.05, 0.1) is 11.0 Å². The van der Waals surface area contributed by atoms with E-state index in [1.54, 1.807) is 0 Å². The summed E-state index contributed by atoms with van der Waals surface area (Å²) in [5, 5.41) is 2.81. The Bertz CT molecular complexity index is 277. The molecule has 0 aromatic heterocycles. The summed E-state index contributed by atoms with van der Waals surface area (Å²) in [7, 11) is 0. The first-order valence-electron chi connectivity index (χ1n) is 6.16. The van der Waals surface area contributed by atoms with Gasteiger partial charge in [-0.15, -0.1) is 0 Å². The largest absolute Gasteiger partial charge is 0.392 e. The number of nitrogens with zero attached hydrogens (tertiary/aromatic N) is 2. The lowest BCUT2D eigenvalue weighted by Crippen LogP contribution is -2.56. The number of carbonyl (C=O) groups excluding carboxylic acids is 1. The van der Waals surface area contributed by atoms with Crippen molar-refractivity contribution in [2.24, 2.45) is 5.73 Å². The molecule has 0 spiro atoms. The number of urea groups is 1. The van der Waals surface area contributed by atoms with E-state index in [4.69, 9.17) is 18.0 Å². The van der Waals surface area contributed by atoms with Gasteiger partial charge in [-0.2, -0.15) is 0 Å². The van der Waals surface area contributed by atoms with Gasteiger partial charge in [-0.3, -0.25) is 4.90 Å². The Kier molecular flexibility index (Phi) is 5.64. The molecule has 1 aliphatic rings. The third-order valence-electron chi connectivity index (χ3n) is 3.09. The van der Waals surface area contributed by atoms with Crippen molar-refractivity contribution >= 4 is 23.2 Å². The first-order chi connectivity index (χ1) is 8.10. The number of hydrogen-bond acceptors (Lipinski definition) is 3. The van der Waals surface area contributed by atoms with Crippen molar-refractivity contribution in [1.82, 2.24) is 15.1 Å². The van der Waals surface area contributed by atoms with E-state index in [1.165, 1.54) is 0 Å². The lowest BCUT2D eigenvalue weighted by Gasteiger charge is -2.38. The van der Waals surface area contributed by atoms with Gasteiger partial charge in [0.25, 0.3) is 0 Å². The van der Waals surface area contributed by atoms with Gasteiger partial charge in [0.15, 0.2) is 0 Å². The zero-order valence-electron chi connectivity index (χ0n) is 10.6. The summed E-state index contributed by atoms with van der Waals surface area (Å²) in [5.74, 6) is 0. The molecule has 1 aliphatic heterocycles. The molecule has 0 aliphatic carbocycles. The number of rotatable bonds is 4. The van der Waals surface area contributed by atoms with Crippen molar-refractivity contribution in [2.75, 3.05) is 32.7 Å². The van der Waals surface area contributed by atoms with Crippen LogP contribution in [0.5, 0.6) is 0 Å². The highest BCUT2D eigenvalue weighted by Gasteiger charge is 2.26. The normalized spacial score (nSPS) is 18.8. The predicted molar refractivity (Wildman–Crippen MR) is 73.1 cm³/mol. The van der Waals surface area contributed by atoms with Gasteiger partial charge in [0, 0.05) is 32.7 Å². The van der Waals surface area contributed by atoms with Crippen LogP contribution >= 0.6 is 12.2 Å². The van der Waals surface area contributed by atoms with Gasteiger partial charge in [0.2, 0.25) is 0 Å². The van der Waals surface area contributed by atoms with E-state index >= 15 is 0 Å². The molecule has 0 aromatic rings. The fraction of sp³-hybridized carbons (Fsp3) is 0.818. The topological polar surface area (TPSA) is 61.6 Å². The van der Waals surface area contributed by atoms with Crippen LogP contribution in [0.4, 0.5) is 4.79 Å². The second-order valence-electron chi connectivity index (χ2n) is 4.18. The van der Waals surface area contributed by atoms with E-state index in [-0.39, 0.29) is 12.1 Å². The number of amides is 2. The Morgan fingerprint density at radius 2 is 1.94 bits per heavy atom. The molecule has 17 heavy (non-hydrogen) atoms. The minimum absolute atomic E-state index is 0.0236. The second-order valence-corrected chi connectivity index (χ2v) is 4.66. The first-order valence-corrected chi connectivity index (χ1v) is 6.57. The minimum atomic E-state index is 0.0236. The van der Waals surface area contributed by atoms with Crippen LogP contribution in [0, 0.1) is 0 Å². The summed E-state index contributed by atoms with van der Waals surface area (Å²) >= 11 is 5.06. The van der Waals surface area contributed by atoms with Crippen molar-refractivity contribution in [1.29, 1.82) is 0 Å². The maximum Gasteiger partial charge on any atom is 0.317 e. The maximum absolute atomic E-state index is 11.6. The van der Waals surface area contributed by atoms with Crippen molar-refractivity contribution in [2.45, 2.75) is 26.3 Å². The molecule has 0 aromatic carbocycles. The average Bonchev–Trinajstić information content (AvgIpc) is 2.30. The van der Waals surface area contributed by atoms with Crippen LogP contribution in [0.1, 0.15) is 20.3 Å². The zero-order chi connectivity index (χ0) is 12.8. The van der Waals surface area contributed by atoms with Crippen LogP contribution in [-0.4, -0.2) is 59.6 Å². The Labute approximate surface area is 108 Å². The quantitative estimate of drug-likeness (QED) is 0.717. The third-order valence-corrected chi connectivity index (χ3v) is 3.36. The van der Waals surface area contributed by atoms with Crippen LogP contribution in [-0.2, 0) is 0 Å². The van der Waals surface area contributed by atoms with Crippen LogP contribution in [0.3, 0.4) is 0 Å². The molecule has 98 valence electrons. The van der Waals surface area contributed by atoms with Gasteiger partial charge in [0.1, 0.15) is 0 Å². The van der Waals surface area contributed by atoms with Gasteiger partial charge in [-0.25, -0.2) is 4.79 Å². The Morgan fingerprint density at radius 1 is 1.35 bits per heavy atom. The lowest BCUT2D eigenvalue weighted by atomic mass is 10.1. The fourth-order valence-corrected chi connectivity index (χ4v) is 2.45. The first kappa shape index (κ1) is 14.2. The van der Waals surface area contributed by atoms with Crippen LogP contribution in [0.2, 0.25) is 0 Å². The minimum Gasteiger partial charge on any atom is -0.392 e. The average molecular weight is 258 g/mol.